The maximum Gasteiger partial charge on any atom is 0.193 e. The molecule has 0 aromatic carbocycles. The van der Waals surface area contributed by atoms with Crippen LogP contribution in [0, 0.1) is 0 Å². The van der Waals surface area contributed by atoms with Gasteiger partial charge in [0.15, 0.2) is 5.60 Å². The Hall–Kier alpha value is -2.71. The summed E-state index contributed by atoms with van der Waals surface area (Å²) in [5, 5.41) is 28.5. The largest absolute Gasteiger partial charge is 0.390 e. The molecule has 0 amide bonds. The quantitative estimate of drug-likeness (QED) is 0.577. The summed E-state index contributed by atoms with van der Waals surface area (Å²) in [6.07, 6.45) is 0. The molecular weight excluding hydrogens is 346 g/mol. The van der Waals surface area contributed by atoms with E-state index in [0.29, 0.717) is 34.2 Å². The van der Waals surface area contributed by atoms with E-state index in [9.17, 15) is 15.3 Å². The molecule has 27 heavy (non-hydrogen) atoms. The number of methoxy groups -OCH3 is 1. The number of aliphatic hydroxyl groups is 3. The van der Waals surface area contributed by atoms with E-state index < -0.39 is 5.60 Å². The molecule has 0 atom stereocenters. The van der Waals surface area contributed by atoms with Crippen molar-refractivity contribution >= 4 is 0 Å². The molecule has 0 saturated carbocycles. The summed E-state index contributed by atoms with van der Waals surface area (Å²) in [6.45, 7) is -0.661. The fourth-order valence-corrected chi connectivity index (χ4v) is 3.00. The average Bonchev–Trinajstić information content (AvgIpc) is 2.75. The smallest absolute Gasteiger partial charge is 0.193 e. The van der Waals surface area contributed by atoms with Gasteiger partial charge in [0.1, 0.15) is 0 Å². The summed E-state index contributed by atoms with van der Waals surface area (Å²) < 4.78 is 5.96. The van der Waals surface area contributed by atoms with Crippen LogP contribution in [0.15, 0.2) is 54.6 Å². The van der Waals surface area contributed by atoms with E-state index in [4.69, 9.17) is 4.74 Å². The molecule has 0 fully saturated rings. The highest BCUT2D eigenvalue weighted by atomic mass is 16.5. The zero-order valence-corrected chi connectivity index (χ0v) is 14.9. The topological polar surface area (TPSA) is 109 Å². The molecule has 0 aliphatic rings. The number of aliphatic hydroxyl groups excluding tert-OH is 3. The van der Waals surface area contributed by atoms with Crippen LogP contribution in [-0.4, -0.2) is 37.4 Å². The Kier molecular flexibility index (Phi) is 5.88. The SMILES string of the molecule is COC(c1cccc(CO)n1)(c1cccc(CO)n1)c1cccc(CO)n1. The summed E-state index contributed by atoms with van der Waals surface area (Å²) in [7, 11) is 1.52. The summed E-state index contributed by atoms with van der Waals surface area (Å²) in [6, 6.07) is 15.7. The summed E-state index contributed by atoms with van der Waals surface area (Å²) in [5.41, 5.74) is 1.62. The van der Waals surface area contributed by atoms with E-state index in [1.165, 1.54) is 7.11 Å². The Balaban J connectivity index is 2.32. The van der Waals surface area contributed by atoms with Crippen LogP contribution in [-0.2, 0) is 30.2 Å². The fraction of sp³-hybridized carbons (Fsp3) is 0.250. The molecule has 0 unspecified atom stereocenters. The van der Waals surface area contributed by atoms with Crippen molar-refractivity contribution in [2.24, 2.45) is 0 Å². The minimum Gasteiger partial charge on any atom is -0.390 e. The minimum absolute atomic E-state index is 0.220. The van der Waals surface area contributed by atoms with Crippen LogP contribution in [0.25, 0.3) is 0 Å². The van der Waals surface area contributed by atoms with Gasteiger partial charge in [-0.15, -0.1) is 0 Å². The second-order valence-electron chi connectivity index (χ2n) is 5.90. The third kappa shape index (κ3) is 3.58. The summed E-state index contributed by atoms with van der Waals surface area (Å²) >= 11 is 0. The average molecular weight is 367 g/mol. The fourth-order valence-electron chi connectivity index (χ4n) is 3.00. The Morgan fingerprint density at radius 3 is 1.26 bits per heavy atom. The molecule has 7 nitrogen and oxygen atoms in total. The van der Waals surface area contributed by atoms with Gasteiger partial charge in [-0.1, -0.05) is 18.2 Å². The van der Waals surface area contributed by atoms with Gasteiger partial charge in [0.05, 0.1) is 54.0 Å². The van der Waals surface area contributed by atoms with Gasteiger partial charge in [0, 0.05) is 7.11 Å². The highest BCUT2D eigenvalue weighted by Crippen LogP contribution is 2.37. The molecule has 0 aliphatic carbocycles. The number of hydrogen-bond donors (Lipinski definition) is 3. The van der Waals surface area contributed by atoms with Crippen LogP contribution in [0.1, 0.15) is 34.2 Å². The van der Waals surface area contributed by atoms with E-state index in [1.807, 2.05) is 0 Å². The van der Waals surface area contributed by atoms with Crippen molar-refractivity contribution in [1.82, 2.24) is 15.0 Å². The van der Waals surface area contributed by atoms with Crippen LogP contribution in [0.4, 0.5) is 0 Å². The Bertz CT molecular complexity index is 801. The van der Waals surface area contributed by atoms with Crippen LogP contribution in [0.5, 0.6) is 0 Å². The Morgan fingerprint density at radius 2 is 1.00 bits per heavy atom. The van der Waals surface area contributed by atoms with Crippen LogP contribution >= 0.6 is 0 Å². The molecule has 0 saturated heterocycles. The van der Waals surface area contributed by atoms with Gasteiger partial charge in [0.25, 0.3) is 0 Å². The van der Waals surface area contributed by atoms with Crippen LogP contribution in [0.3, 0.4) is 0 Å². The zero-order chi connectivity index (χ0) is 19.3. The molecule has 140 valence electrons. The van der Waals surface area contributed by atoms with Gasteiger partial charge >= 0.3 is 0 Å². The van der Waals surface area contributed by atoms with Gasteiger partial charge in [-0.25, -0.2) is 0 Å². The van der Waals surface area contributed by atoms with Crippen molar-refractivity contribution in [1.29, 1.82) is 0 Å². The molecule has 3 heterocycles. The number of aromatic nitrogens is 3. The van der Waals surface area contributed by atoms with E-state index in [1.54, 1.807) is 54.6 Å². The van der Waals surface area contributed by atoms with Crippen molar-refractivity contribution in [3.05, 3.63) is 88.8 Å². The van der Waals surface area contributed by atoms with Gasteiger partial charge in [0.2, 0.25) is 0 Å². The molecule has 0 bridgehead atoms. The lowest BCUT2D eigenvalue weighted by Crippen LogP contribution is -2.35. The van der Waals surface area contributed by atoms with Gasteiger partial charge in [-0.05, 0) is 36.4 Å². The zero-order valence-electron chi connectivity index (χ0n) is 14.9. The first-order valence-electron chi connectivity index (χ1n) is 8.45. The lowest BCUT2D eigenvalue weighted by molar-refractivity contribution is 0.0463. The van der Waals surface area contributed by atoms with E-state index >= 15 is 0 Å². The Morgan fingerprint density at radius 1 is 0.667 bits per heavy atom. The van der Waals surface area contributed by atoms with Crippen LogP contribution < -0.4 is 0 Å². The van der Waals surface area contributed by atoms with Crippen molar-refractivity contribution in [3.8, 4) is 0 Å². The van der Waals surface area contributed by atoms with Gasteiger partial charge in [-0.2, -0.15) is 0 Å². The first-order chi connectivity index (χ1) is 13.2. The monoisotopic (exact) mass is 367 g/mol. The molecule has 7 heteroatoms. The van der Waals surface area contributed by atoms with E-state index in [-0.39, 0.29) is 19.8 Å². The lowest BCUT2D eigenvalue weighted by atomic mass is 9.89. The van der Waals surface area contributed by atoms with E-state index in [2.05, 4.69) is 15.0 Å². The number of hydrogen-bond acceptors (Lipinski definition) is 7. The number of ether oxygens (including phenoxy) is 1. The van der Waals surface area contributed by atoms with Gasteiger partial charge < -0.3 is 20.1 Å². The molecule has 0 radical (unpaired) electrons. The molecule has 3 N–H and O–H groups in total. The second-order valence-corrected chi connectivity index (χ2v) is 5.90. The normalized spacial score (nSPS) is 11.6. The number of pyridine rings is 3. The van der Waals surface area contributed by atoms with Crippen molar-refractivity contribution < 1.29 is 20.1 Å². The lowest BCUT2D eigenvalue weighted by Gasteiger charge is -2.31. The third-order valence-corrected chi connectivity index (χ3v) is 4.29. The second kappa shape index (κ2) is 8.32. The highest BCUT2D eigenvalue weighted by Gasteiger charge is 2.41. The molecular formula is C20H21N3O4. The first kappa shape index (κ1) is 19.1. The van der Waals surface area contributed by atoms with Crippen molar-refractivity contribution in [2.45, 2.75) is 25.4 Å². The summed E-state index contributed by atoms with van der Waals surface area (Å²) in [4.78, 5) is 13.6. The predicted molar refractivity (Wildman–Crippen MR) is 97.4 cm³/mol. The number of rotatable bonds is 7. The highest BCUT2D eigenvalue weighted by molar-refractivity contribution is 5.40. The maximum atomic E-state index is 9.51. The van der Waals surface area contributed by atoms with E-state index in [0.717, 1.165) is 0 Å². The predicted octanol–water partition coefficient (Wildman–Crippen LogP) is 1.29. The first-order valence-corrected chi connectivity index (χ1v) is 8.45. The molecule has 0 spiro atoms. The van der Waals surface area contributed by atoms with Crippen LogP contribution in [0.2, 0.25) is 0 Å². The van der Waals surface area contributed by atoms with Crippen molar-refractivity contribution in [2.75, 3.05) is 7.11 Å². The summed E-state index contributed by atoms with van der Waals surface area (Å²) in [5.74, 6) is 0. The third-order valence-electron chi connectivity index (χ3n) is 4.29. The minimum atomic E-state index is -1.28. The Labute approximate surface area is 157 Å². The standard InChI is InChI=1S/C20H21N3O4/c1-27-20(17-8-2-5-14(11-24)21-17,18-9-3-6-15(12-25)22-18)19-10-4-7-16(13-26)23-19/h2-10,24-26H,11-13H2,1H3. The molecule has 3 aromatic heterocycles. The van der Waals surface area contributed by atoms with Crippen molar-refractivity contribution in [3.63, 3.8) is 0 Å². The number of nitrogens with zero attached hydrogens (tertiary/aromatic N) is 3. The molecule has 3 aromatic rings. The molecule has 0 aliphatic heterocycles. The maximum absolute atomic E-state index is 9.51. The van der Waals surface area contributed by atoms with Gasteiger partial charge in [-0.3, -0.25) is 15.0 Å². The molecule has 3 rings (SSSR count).